The summed E-state index contributed by atoms with van der Waals surface area (Å²) in [6, 6.07) is 0. The van der Waals surface area contributed by atoms with Crippen molar-refractivity contribution in [3.8, 4) is 0 Å². The number of Topliss-reactive ketones (excluding diaryl/α,β-unsaturated/α-hetero) is 1. The topological polar surface area (TPSA) is 20.3 Å². The number of rotatable bonds is 1. The van der Waals surface area contributed by atoms with Crippen molar-refractivity contribution in [3.05, 3.63) is 0 Å². The van der Waals surface area contributed by atoms with E-state index in [1.807, 2.05) is 0 Å². The number of ketones is 1. The van der Waals surface area contributed by atoms with Gasteiger partial charge in [0.1, 0.15) is 5.78 Å². The zero-order valence-corrected chi connectivity index (χ0v) is 9.00. The smallest absolute Gasteiger partial charge is 0.133 e. The lowest BCUT2D eigenvalue weighted by Gasteiger charge is -2.33. The number of likely N-dealkylation sites (tertiary alicyclic amines) is 1. The van der Waals surface area contributed by atoms with E-state index in [0.717, 1.165) is 13.1 Å². The first kappa shape index (κ1) is 9.20. The Morgan fingerprint density at radius 2 is 1.69 bits per heavy atom. The van der Waals surface area contributed by atoms with E-state index < -0.39 is 0 Å². The highest BCUT2D eigenvalue weighted by Gasteiger charge is 2.58. The highest BCUT2D eigenvalue weighted by Crippen LogP contribution is 2.53. The molecule has 13 heavy (non-hydrogen) atoms. The predicted molar refractivity (Wildman–Crippen MR) is 52.5 cm³/mol. The number of carbonyl (C=O) groups excluding carboxylic acids is 1. The average Bonchev–Trinajstić information content (AvgIpc) is 2.46. The minimum atomic E-state index is 0.286. The number of piperidine rings is 1. The monoisotopic (exact) mass is 181 g/mol. The molecule has 2 atom stereocenters. The molecule has 0 aromatic heterocycles. The minimum absolute atomic E-state index is 0.286. The summed E-state index contributed by atoms with van der Waals surface area (Å²) in [5.74, 6) is 2.20. The molecular weight excluding hydrogens is 162 g/mol. The van der Waals surface area contributed by atoms with Crippen LogP contribution in [0.25, 0.3) is 0 Å². The van der Waals surface area contributed by atoms with E-state index in [1.165, 1.54) is 0 Å². The number of hydrogen-bond donors (Lipinski definition) is 0. The average molecular weight is 181 g/mol. The van der Waals surface area contributed by atoms with Crippen molar-refractivity contribution < 1.29 is 4.79 Å². The molecule has 2 fully saturated rings. The molecule has 2 aliphatic rings. The third-order valence-electron chi connectivity index (χ3n) is 3.61. The minimum Gasteiger partial charge on any atom is -0.300 e. The van der Waals surface area contributed by atoms with E-state index in [2.05, 4.69) is 25.7 Å². The molecule has 0 bridgehead atoms. The van der Waals surface area contributed by atoms with Crippen molar-refractivity contribution in [2.24, 2.45) is 17.8 Å². The lowest BCUT2D eigenvalue weighted by atomic mass is 10.1. The van der Waals surface area contributed by atoms with Crippen LogP contribution in [0.1, 0.15) is 27.7 Å². The summed E-state index contributed by atoms with van der Waals surface area (Å²) >= 11 is 0. The van der Waals surface area contributed by atoms with Crippen molar-refractivity contribution in [2.45, 2.75) is 33.2 Å². The van der Waals surface area contributed by atoms with Crippen molar-refractivity contribution in [2.75, 3.05) is 13.1 Å². The molecule has 0 spiro atoms. The van der Waals surface area contributed by atoms with Crippen molar-refractivity contribution in [1.82, 2.24) is 4.90 Å². The van der Waals surface area contributed by atoms with Gasteiger partial charge in [-0.25, -0.2) is 0 Å². The second-order valence-corrected chi connectivity index (χ2v) is 5.54. The summed E-state index contributed by atoms with van der Waals surface area (Å²) in [7, 11) is 0. The maximum absolute atomic E-state index is 11.2. The molecule has 0 radical (unpaired) electrons. The van der Waals surface area contributed by atoms with Gasteiger partial charge in [-0.05, 0) is 39.5 Å². The molecule has 2 nitrogen and oxygen atoms in total. The Morgan fingerprint density at radius 3 is 2.00 bits per heavy atom. The molecule has 0 aromatic carbocycles. The van der Waals surface area contributed by atoms with Gasteiger partial charge in [0.05, 0.1) is 0 Å². The van der Waals surface area contributed by atoms with Crippen LogP contribution in [-0.4, -0.2) is 29.3 Å². The second-order valence-electron chi connectivity index (χ2n) is 5.54. The van der Waals surface area contributed by atoms with Gasteiger partial charge in [0.2, 0.25) is 0 Å². The van der Waals surface area contributed by atoms with E-state index in [-0.39, 0.29) is 5.54 Å². The summed E-state index contributed by atoms with van der Waals surface area (Å²) in [6.07, 6.45) is 0. The van der Waals surface area contributed by atoms with Crippen LogP contribution in [0.15, 0.2) is 0 Å². The fraction of sp³-hybridized carbons (Fsp3) is 0.909. The number of nitrogens with zero attached hydrogens (tertiary/aromatic N) is 1. The van der Waals surface area contributed by atoms with Gasteiger partial charge in [-0.2, -0.15) is 0 Å². The molecule has 0 aromatic rings. The summed E-state index contributed by atoms with van der Waals surface area (Å²) in [5.41, 5.74) is 0.286. The zero-order chi connectivity index (χ0) is 9.80. The van der Waals surface area contributed by atoms with Gasteiger partial charge in [-0.1, -0.05) is 0 Å². The van der Waals surface area contributed by atoms with E-state index in [0.29, 0.717) is 23.5 Å². The number of fused-ring (bicyclic) bond motifs is 1. The van der Waals surface area contributed by atoms with Crippen LogP contribution in [0.2, 0.25) is 0 Å². The first-order valence-corrected chi connectivity index (χ1v) is 5.17. The Kier molecular flexibility index (Phi) is 1.82. The molecule has 0 N–H and O–H groups in total. The van der Waals surface area contributed by atoms with Crippen molar-refractivity contribution in [3.63, 3.8) is 0 Å². The largest absolute Gasteiger partial charge is 0.300 e. The fourth-order valence-electron chi connectivity index (χ4n) is 2.68. The fourth-order valence-corrected chi connectivity index (χ4v) is 2.68. The Hall–Kier alpha value is -0.370. The SMILES string of the molecule is CC(=O)C1C2CN(C(C)(C)C)CC21. The van der Waals surface area contributed by atoms with E-state index in [4.69, 9.17) is 0 Å². The Balaban J connectivity index is 1.94. The van der Waals surface area contributed by atoms with E-state index in [1.54, 1.807) is 6.92 Å². The zero-order valence-electron chi connectivity index (χ0n) is 9.00. The lowest BCUT2D eigenvalue weighted by Crippen LogP contribution is -2.41. The number of hydrogen-bond acceptors (Lipinski definition) is 2. The van der Waals surface area contributed by atoms with E-state index >= 15 is 0 Å². The normalized spacial score (nSPS) is 38.9. The molecule has 2 heteroatoms. The van der Waals surface area contributed by atoms with Gasteiger partial charge in [0, 0.05) is 24.5 Å². The lowest BCUT2D eigenvalue weighted by molar-refractivity contribution is -0.119. The highest BCUT2D eigenvalue weighted by molar-refractivity contribution is 5.82. The van der Waals surface area contributed by atoms with Gasteiger partial charge in [-0.15, -0.1) is 0 Å². The van der Waals surface area contributed by atoms with Crippen LogP contribution >= 0.6 is 0 Å². The molecule has 1 aliphatic heterocycles. The maximum atomic E-state index is 11.2. The van der Waals surface area contributed by atoms with Crippen LogP contribution in [0, 0.1) is 17.8 Å². The number of carbonyl (C=O) groups is 1. The van der Waals surface area contributed by atoms with Crippen LogP contribution < -0.4 is 0 Å². The molecule has 1 saturated heterocycles. The van der Waals surface area contributed by atoms with Gasteiger partial charge in [0.25, 0.3) is 0 Å². The van der Waals surface area contributed by atoms with Gasteiger partial charge in [0.15, 0.2) is 0 Å². The van der Waals surface area contributed by atoms with Crippen LogP contribution in [0.4, 0.5) is 0 Å². The Labute approximate surface area is 80.3 Å². The van der Waals surface area contributed by atoms with Gasteiger partial charge in [-0.3, -0.25) is 9.69 Å². The van der Waals surface area contributed by atoms with Crippen LogP contribution in [0.3, 0.4) is 0 Å². The molecule has 0 amide bonds. The third-order valence-corrected chi connectivity index (χ3v) is 3.61. The molecule has 2 unspecified atom stereocenters. The third kappa shape index (κ3) is 1.41. The van der Waals surface area contributed by atoms with Crippen molar-refractivity contribution in [1.29, 1.82) is 0 Å². The second kappa shape index (κ2) is 2.57. The Bertz CT molecular complexity index is 229. The molecule has 74 valence electrons. The summed E-state index contributed by atoms with van der Waals surface area (Å²) in [6.45, 7) is 10.8. The first-order chi connectivity index (χ1) is 5.91. The maximum Gasteiger partial charge on any atom is 0.133 e. The van der Waals surface area contributed by atoms with Crippen molar-refractivity contribution >= 4 is 5.78 Å². The van der Waals surface area contributed by atoms with Crippen LogP contribution in [0.5, 0.6) is 0 Å². The molecule has 2 rings (SSSR count). The molecule has 1 heterocycles. The summed E-state index contributed by atoms with van der Waals surface area (Å²) in [4.78, 5) is 13.7. The van der Waals surface area contributed by atoms with E-state index in [9.17, 15) is 4.79 Å². The Morgan fingerprint density at radius 1 is 1.23 bits per heavy atom. The quantitative estimate of drug-likeness (QED) is 0.611. The van der Waals surface area contributed by atoms with Gasteiger partial charge >= 0.3 is 0 Å². The predicted octanol–water partition coefficient (Wildman–Crippen LogP) is 1.55. The standard InChI is InChI=1S/C11H19NO/c1-7(13)10-8-5-12(6-9(8)10)11(2,3)4/h8-10H,5-6H2,1-4H3. The molecular formula is C11H19NO. The molecule has 1 aliphatic carbocycles. The highest BCUT2D eigenvalue weighted by atomic mass is 16.1. The molecule has 1 saturated carbocycles. The summed E-state index contributed by atoms with van der Waals surface area (Å²) in [5, 5.41) is 0. The van der Waals surface area contributed by atoms with Crippen LogP contribution in [-0.2, 0) is 4.79 Å². The summed E-state index contributed by atoms with van der Waals surface area (Å²) < 4.78 is 0. The first-order valence-electron chi connectivity index (χ1n) is 5.17. The van der Waals surface area contributed by atoms with Gasteiger partial charge < -0.3 is 0 Å².